The molecule has 0 aromatic heterocycles. The molecule has 5 nitrogen and oxygen atoms in total. The molecule has 1 amide bonds. The largest absolute Gasteiger partial charge is 0.451 e. The first-order valence-corrected chi connectivity index (χ1v) is 6.82. The van der Waals surface area contributed by atoms with E-state index in [4.69, 9.17) is 21.1 Å². The normalized spacial score (nSPS) is 19.4. The van der Waals surface area contributed by atoms with E-state index in [0.717, 1.165) is 6.42 Å². The highest BCUT2D eigenvalue weighted by atomic mass is 35.5. The van der Waals surface area contributed by atoms with Crippen LogP contribution in [0.15, 0.2) is 24.3 Å². The van der Waals surface area contributed by atoms with Gasteiger partial charge in [0, 0.05) is 17.3 Å². The summed E-state index contributed by atoms with van der Waals surface area (Å²) >= 11 is 5.83. The van der Waals surface area contributed by atoms with Crippen LogP contribution in [-0.2, 0) is 19.1 Å². The Kier molecular flexibility index (Phi) is 4.98. The Balaban J connectivity index is 1.86. The quantitative estimate of drug-likeness (QED) is 0.867. The van der Waals surface area contributed by atoms with Gasteiger partial charge in [0.2, 0.25) is 0 Å². The van der Waals surface area contributed by atoms with Crippen molar-refractivity contribution in [2.24, 2.45) is 0 Å². The van der Waals surface area contributed by atoms with Gasteiger partial charge in [-0.05, 0) is 38.0 Å². The number of hydrogen-bond donors (Lipinski definition) is 1. The monoisotopic (exact) mass is 297 g/mol. The molecule has 6 heteroatoms. The summed E-state index contributed by atoms with van der Waals surface area (Å²) in [4.78, 5) is 23.6. The summed E-state index contributed by atoms with van der Waals surface area (Å²) in [7, 11) is 0. The van der Waals surface area contributed by atoms with Gasteiger partial charge in [-0.25, -0.2) is 4.79 Å². The summed E-state index contributed by atoms with van der Waals surface area (Å²) in [5.74, 6) is -0.894. The molecule has 1 saturated heterocycles. The van der Waals surface area contributed by atoms with Crippen molar-refractivity contribution >= 4 is 29.2 Å². The van der Waals surface area contributed by atoms with Gasteiger partial charge in [0.1, 0.15) is 0 Å². The van der Waals surface area contributed by atoms with E-state index in [1.54, 1.807) is 24.3 Å². The van der Waals surface area contributed by atoms with Gasteiger partial charge >= 0.3 is 5.97 Å². The Morgan fingerprint density at radius 2 is 2.30 bits per heavy atom. The second-order valence-electron chi connectivity index (χ2n) is 4.58. The van der Waals surface area contributed by atoms with E-state index < -0.39 is 24.1 Å². The molecule has 0 spiro atoms. The third-order valence-electron chi connectivity index (χ3n) is 2.95. The van der Waals surface area contributed by atoms with Crippen LogP contribution in [-0.4, -0.2) is 30.7 Å². The summed E-state index contributed by atoms with van der Waals surface area (Å²) in [5.41, 5.74) is 0.558. The molecule has 1 fully saturated rings. The van der Waals surface area contributed by atoms with Gasteiger partial charge in [-0.15, -0.1) is 0 Å². The second-order valence-corrected chi connectivity index (χ2v) is 5.02. The van der Waals surface area contributed by atoms with Gasteiger partial charge in [-0.2, -0.15) is 0 Å². The Bertz CT molecular complexity index is 500. The number of benzene rings is 1. The zero-order valence-electron chi connectivity index (χ0n) is 11.1. The zero-order chi connectivity index (χ0) is 14.5. The highest BCUT2D eigenvalue weighted by Crippen LogP contribution is 2.16. The molecule has 2 atom stereocenters. The predicted molar refractivity (Wildman–Crippen MR) is 74.6 cm³/mol. The first kappa shape index (κ1) is 14.8. The van der Waals surface area contributed by atoms with E-state index in [1.807, 2.05) is 0 Å². The van der Waals surface area contributed by atoms with E-state index in [0.29, 0.717) is 23.7 Å². The molecular formula is C14H16ClNO4. The van der Waals surface area contributed by atoms with Gasteiger partial charge in [0.05, 0.1) is 0 Å². The van der Waals surface area contributed by atoms with E-state index >= 15 is 0 Å². The summed E-state index contributed by atoms with van der Waals surface area (Å²) in [5, 5.41) is 3.16. The number of ether oxygens (including phenoxy) is 2. The maximum absolute atomic E-state index is 11.9. The summed E-state index contributed by atoms with van der Waals surface area (Å²) in [6.07, 6.45) is 0.0479. The molecule has 1 aromatic rings. The smallest absolute Gasteiger partial charge is 0.336 e. The first-order chi connectivity index (χ1) is 9.56. The lowest BCUT2D eigenvalue weighted by Crippen LogP contribution is -2.33. The third kappa shape index (κ3) is 3.95. The van der Waals surface area contributed by atoms with Crippen molar-refractivity contribution in [2.45, 2.75) is 32.0 Å². The van der Waals surface area contributed by atoms with Crippen LogP contribution in [0.25, 0.3) is 0 Å². The van der Waals surface area contributed by atoms with Crippen molar-refractivity contribution in [3.05, 3.63) is 29.3 Å². The molecule has 1 aromatic carbocycles. The topological polar surface area (TPSA) is 64.6 Å². The van der Waals surface area contributed by atoms with Crippen LogP contribution in [0.5, 0.6) is 0 Å². The van der Waals surface area contributed by atoms with E-state index in [-0.39, 0.29) is 0 Å². The van der Waals surface area contributed by atoms with E-state index in [1.165, 1.54) is 6.92 Å². The molecule has 1 aliphatic rings. The van der Waals surface area contributed by atoms with Crippen molar-refractivity contribution in [1.29, 1.82) is 0 Å². The molecule has 1 N–H and O–H groups in total. The van der Waals surface area contributed by atoms with Crippen molar-refractivity contribution in [3.8, 4) is 0 Å². The number of esters is 1. The minimum Gasteiger partial charge on any atom is -0.451 e. The Labute approximate surface area is 122 Å². The van der Waals surface area contributed by atoms with Gasteiger partial charge in [0.25, 0.3) is 5.91 Å². The lowest BCUT2D eigenvalue weighted by molar-refractivity contribution is -0.162. The van der Waals surface area contributed by atoms with E-state index in [2.05, 4.69) is 5.32 Å². The van der Waals surface area contributed by atoms with Gasteiger partial charge < -0.3 is 14.8 Å². The van der Waals surface area contributed by atoms with Crippen LogP contribution in [0, 0.1) is 0 Å². The maximum Gasteiger partial charge on any atom is 0.336 e. The number of rotatable bonds is 4. The standard InChI is InChI=1S/C14H16ClNO4/c1-9(20-14(18)12-6-3-7-19-12)13(17)16-11-5-2-4-10(15)8-11/h2,4-5,8-9,12H,3,6-7H2,1H3,(H,16,17)/t9-,12-/m1/s1. The second kappa shape index (κ2) is 6.72. The molecule has 20 heavy (non-hydrogen) atoms. The SMILES string of the molecule is C[C@@H](OC(=O)[C@H]1CCCO1)C(=O)Nc1cccc(Cl)c1. The molecule has 108 valence electrons. The van der Waals surface area contributed by atoms with Crippen molar-refractivity contribution in [1.82, 2.24) is 0 Å². The van der Waals surface area contributed by atoms with E-state index in [9.17, 15) is 9.59 Å². The number of anilines is 1. The highest BCUT2D eigenvalue weighted by molar-refractivity contribution is 6.30. The fraction of sp³-hybridized carbons (Fsp3) is 0.429. The molecule has 1 aliphatic heterocycles. The molecular weight excluding hydrogens is 282 g/mol. The average Bonchev–Trinajstić information content (AvgIpc) is 2.92. The third-order valence-corrected chi connectivity index (χ3v) is 3.18. The number of halogens is 1. The van der Waals surface area contributed by atoms with Crippen LogP contribution in [0.3, 0.4) is 0 Å². The molecule has 0 bridgehead atoms. The van der Waals surface area contributed by atoms with Crippen molar-refractivity contribution < 1.29 is 19.1 Å². The van der Waals surface area contributed by atoms with Crippen LogP contribution in [0.4, 0.5) is 5.69 Å². The minimum atomic E-state index is -0.884. The summed E-state index contributed by atoms with van der Waals surface area (Å²) < 4.78 is 10.3. The average molecular weight is 298 g/mol. The molecule has 0 saturated carbocycles. The molecule has 1 heterocycles. The maximum atomic E-state index is 11.9. The number of carbonyl (C=O) groups excluding carboxylic acids is 2. The number of nitrogens with one attached hydrogen (secondary N) is 1. The Morgan fingerprint density at radius 1 is 1.50 bits per heavy atom. The Morgan fingerprint density at radius 3 is 2.95 bits per heavy atom. The lowest BCUT2D eigenvalue weighted by atomic mass is 10.2. The molecule has 0 radical (unpaired) electrons. The number of hydrogen-bond acceptors (Lipinski definition) is 4. The Hall–Kier alpha value is -1.59. The van der Waals surface area contributed by atoms with Crippen molar-refractivity contribution in [2.75, 3.05) is 11.9 Å². The fourth-order valence-electron chi connectivity index (χ4n) is 1.88. The number of carbonyl (C=O) groups is 2. The minimum absolute atomic E-state index is 0.404. The highest BCUT2D eigenvalue weighted by Gasteiger charge is 2.28. The molecule has 2 rings (SSSR count). The van der Waals surface area contributed by atoms with Crippen LogP contribution in [0.1, 0.15) is 19.8 Å². The fourth-order valence-corrected chi connectivity index (χ4v) is 2.07. The lowest BCUT2D eigenvalue weighted by Gasteiger charge is -2.16. The van der Waals surface area contributed by atoms with Gasteiger partial charge in [-0.3, -0.25) is 4.79 Å². The molecule has 0 unspecified atom stereocenters. The van der Waals surface area contributed by atoms with Crippen LogP contribution < -0.4 is 5.32 Å². The number of amides is 1. The molecule has 0 aliphatic carbocycles. The van der Waals surface area contributed by atoms with Gasteiger partial charge in [0.15, 0.2) is 12.2 Å². The zero-order valence-corrected chi connectivity index (χ0v) is 11.9. The predicted octanol–water partition coefficient (Wildman–Crippen LogP) is 2.39. The van der Waals surface area contributed by atoms with Gasteiger partial charge in [-0.1, -0.05) is 17.7 Å². The van der Waals surface area contributed by atoms with Crippen molar-refractivity contribution in [3.63, 3.8) is 0 Å². The first-order valence-electron chi connectivity index (χ1n) is 6.45. The van der Waals surface area contributed by atoms with Crippen LogP contribution in [0.2, 0.25) is 5.02 Å². The summed E-state index contributed by atoms with van der Waals surface area (Å²) in [6.45, 7) is 2.08. The summed E-state index contributed by atoms with van der Waals surface area (Å²) in [6, 6.07) is 6.76. The van der Waals surface area contributed by atoms with Crippen LogP contribution >= 0.6 is 11.6 Å².